The molecule has 5 rings (SSSR count). The molecule has 4 aliphatic carbocycles. The molecular formula is C17H22F4O9S. The maximum Gasteiger partial charge on any atom is 0.335 e. The minimum absolute atomic E-state index is 0.00823. The number of carbonyl (C=O) groups is 1. The lowest BCUT2D eigenvalue weighted by Gasteiger charge is -2.62. The van der Waals surface area contributed by atoms with Crippen LogP contribution in [0.25, 0.3) is 0 Å². The zero-order valence-corrected chi connectivity index (χ0v) is 16.9. The lowest BCUT2D eigenvalue weighted by atomic mass is 9.47. The average Bonchev–Trinajstić information content (AvgIpc) is 2.72. The van der Waals surface area contributed by atoms with Crippen molar-refractivity contribution in [3.63, 3.8) is 0 Å². The number of hydrogen-bond acceptors (Lipinski definition) is 8. The number of halogens is 4. The smallest absolute Gasteiger partial charge is 0.335 e. The summed E-state index contributed by atoms with van der Waals surface area (Å²) in [5.41, 5.74) is -1.21. The molecule has 4 bridgehead atoms. The molecule has 2 atom stereocenters. The lowest BCUT2D eigenvalue weighted by Crippen LogP contribution is -2.65. The number of carbonyl (C=O) groups excluding carboxylic acids is 1. The number of alkyl halides is 4. The van der Waals surface area contributed by atoms with Crippen molar-refractivity contribution in [2.75, 3.05) is 19.8 Å². The molecule has 5 fully saturated rings. The number of aliphatic hydroxyl groups is 2. The maximum absolute atomic E-state index is 13.8. The van der Waals surface area contributed by atoms with E-state index in [1.807, 2.05) is 0 Å². The van der Waals surface area contributed by atoms with Crippen LogP contribution in [0.3, 0.4) is 0 Å². The Morgan fingerprint density at radius 3 is 1.94 bits per heavy atom. The van der Waals surface area contributed by atoms with Crippen molar-refractivity contribution >= 4 is 16.1 Å². The summed E-state index contributed by atoms with van der Waals surface area (Å²) in [6, 6.07) is 0. The van der Waals surface area contributed by atoms with Crippen LogP contribution in [-0.2, 0) is 29.1 Å². The van der Waals surface area contributed by atoms with E-state index in [-0.39, 0.29) is 18.8 Å². The number of hydrogen-bond donors (Lipinski definition) is 3. The summed E-state index contributed by atoms with van der Waals surface area (Å²) in [5.74, 6) is -12.9. The van der Waals surface area contributed by atoms with Crippen molar-refractivity contribution in [1.29, 1.82) is 0 Å². The molecule has 0 radical (unpaired) electrons. The Bertz CT molecular complexity index is 839. The third-order valence-corrected chi connectivity index (χ3v) is 8.00. The van der Waals surface area contributed by atoms with Crippen molar-refractivity contribution in [3.05, 3.63) is 0 Å². The molecule has 0 amide bonds. The van der Waals surface area contributed by atoms with Crippen LogP contribution >= 0.6 is 0 Å². The third-order valence-electron chi connectivity index (χ3n) is 7.06. The van der Waals surface area contributed by atoms with E-state index in [1.54, 1.807) is 0 Å². The van der Waals surface area contributed by atoms with E-state index >= 15 is 0 Å². The highest BCUT2D eigenvalue weighted by Gasteiger charge is 2.70. The van der Waals surface area contributed by atoms with E-state index in [0.717, 1.165) is 0 Å². The minimum atomic E-state index is -5.35. The second kappa shape index (κ2) is 6.73. The molecule has 5 aliphatic rings. The van der Waals surface area contributed by atoms with E-state index < -0.39 is 75.9 Å². The van der Waals surface area contributed by atoms with Crippen LogP contribution in [0, 0.1) is 23.2 Å². The highest BCUT2D eigenvalue weighted by atomic mass is 32.2. The van der Waals surface area contributed by atoms with Crippen LogP contribution in [0.4, 0.5) is 17.6 Å². The van der Waals surface area contributed by atoms with E-state index in [9.17, 15) is 41.0 Å². The topological polar surface area (TPSA) is 140 Å². The van der Waals surface area contributed by atoms with Gasteiger partial charge in [-0.2, -0.15) is 26.0 Å². The highest BCUT2D eigenvalue weighted by molar-refractivity contribution is 7.86. The van der Waals surface area contributed by atoms with Crippen LogP contribution in [0.15, 0.2) is 0 Å². The molecule has 0 aromatic rings. The molecule has 1 saturated heterocycles. The van der Waals surface area contributed by atoms with Crippen molar-refractivity contribution in [1.82, 2.24) is 0 Å². The van der Waals surface area contributed by atoms with Crippen molar-refractivity contribution < 1.29 is 59.8 Å². The second-order valence-corrected chi connectivity index (χ2v) is 10.7. The molecular weight excluding hydrogens is 456 g/mol. The quantitative estimate of drug-likeness (QED) is 0.233. The predicted octanol–water partition coefficient (Wildman–Crippen LogP) is 0.896. The molecule has 31 heavy (non-hydrogen) atoms. The fourth-order valence-electron chi connectivity index (χ4n) is 5.69. The van der Waals surface area contributed by atoms with Crippen LogP contribution in [0.1, 0.15) is 32.1 Å². The first-order valence-electron chi connectivity index (χ1n) is 9.66. The Hall–Kier alpha value is -1.06. The first-order chi connectivity index (χ1) is 14.0. The van der Waals surface area contributed by atoms with Crippen molar-refractivity contribution in [2.24, 2.45) is 23.2 Å². The molecule has 1 heterocycles. The number of rotatable bonds is 4. The first kappa shape index (κ1) is 23.1. The van der Waals surface area contributed by atoms with Gasteiger partial charge in [0, 0.05) is 11.8 Å². The van der Waals surface area contributed by atoms with Crippen LogP contribution < -0.4 is 0 Å². The van der Waals surface area contributed by atoms with Gasteiger partial charge in [0.2, 0.25) is 0 Å². The minimum Gasteiger partial charge on any atom is -0.458 e. The molecule has 4 saturated carbocycles. The first-order valence-corrected chi connectivity index (χ1v) is 11.1. The molecule has 0 aromatic heterocycles. The van der Waals surface area contributed by atoms with E-state index in [0.29, 0.717) is 19.3 Å². The molecule has 2 unspecified atom stereocenters. The summed E-state index contributed by atoms with van der Waals surface area (Å²) in [6.45, 7) is -4.50. The molecule has 178 valence electrons. The summed E-state index contributed by atoms with van der Waals surface area (Å²) in [6.07, 6.45) is 1.10. The van der Waals surface area contributed by atoms with Gasteiger partial charge in [-0.15, -0.1) is 0 Å². The van der Waals surface area contributed by atoms with Gasteiger partial charge < -0.3 is 24.4 Å². The molecule has 1 aliphatic heterocycles. The van der Waals surface area contributed by atoms with Gasteiger partial charge >= 0.3 is 33.1 Å². The van der Waals surface area contributed by atoms with Gasteiger partial charge in [0.05, 0.1) is 5.41 Å². The normalized spacial score (nSPS) is 38.1. The fraction of sp³-hybridized carbons (Fsp3) is 0.941. The number of ether oxygens (including phenoxy) is 3. The number of esters is 1. The Balaban J connectivity index is 1.54. The monoisotopic (exact) mass is 478 g/mol. The lowest BCUT2D eigenvalue weighted by molar-refractivity contribution is -0.346. The predicted molar refractivity (Wildman–Crippen MR) is 90.2 cm³/mol. The van der Waals surface area contributed by atoms with Gasteiger partial charge in [0.25, 0.3) is 0 Å². The summed E-state index contributed by atoms with van der Waals surface area (Å²) in [4.78, 5) is 12.8. The van der Waals surface area contributed by atoms with E-state index in [4.69, 9.17) is 18.8 Å². The van der Waals surface area contributed by atoms with Gasteiger partial charge in [0.1, 0.15) is 13.2 Å². The summed E-state index contributed by atoms with van der Waals surface area (Å²) >= 11 is 0. The maximum atomic E-state index is 13.8. The molecule has 0 aromatic carbocycles. The fourth-order valence-corrected chi connectivity index (χ4v) is 5.90. The van der Waals surface area contributed by atoms with Crippen molar-refractivity contribution in [3.8, 4) is 0 Å². The Morgan fingerprint density at radius 1 is 1.00 bits per heavy atom. The van der Waals surface area contributed by atoms with Gasteiger partial charge in [-0.25, -0.2) is 0 Å². The summed E-state index contributed by atoms with van der Waals surface area (Å²) in [7, 11) is -5.35. The van der Waals surface area contributed by atoms with Gasteiger partial charge in [-0.3, -0.25) is 9.35 Å². The molecule has 1 spiro atoms. The average molecular weight is 478 g/mol. The highest BCUT2D eigenvalue weighted by Crippen LogP contribution is 2.66. The molecule has 9 nitrogen and oxygen atoms in total. The van der Waals surface area contributed by atoms with E-state index in [1.165, 1.54) is 0 Å². The zero-order valence-electron chi connectivity index (χ0n) is 16.1. The van der Waals surface area contributed by atoms with Crippen LogP contribution in [0.2, 0.25) is 0 Å². The van der Waals surface area contributed by atoms with Gasteiger partial charge in [0.15, 0.2) is 12.4 Å². The summed E-state index contributed by atoms with van der Waals surface area (Å²) in [5, 5.41) is 15.0. The Morgan fingerprint density at radius 2 is 1.48 bits per heavy atom. The Kier molecular flexibility index (Phi) is 5.02. The standard InChI is InChI=1S/C17H22F4O9S/c18-14(19)6-29-17(30-7-15(14,20)21)10-1-9-2-11(17)5-13(3-9,4-10)12(22)28-8-16(23,24)31(25,26)27/h9-11,23-24H,1-8H2,(H,25,26,27). The van der Waals surface area contributed by atoms with Crippen LogP contribution in [0.5, 0.6) is 0 Å². The Labute approximate surface area is 174 Å². The summed E-state index contributed by atoms with van der Waals surface area (Å²) < 4.78 is 101. The largest absolute Gasteiger partial charge is 0.458 e. The SMILES string of the molecule is O=C(OCC(O)(O)S(=O)(=O)O)C12CC3CC(C1)C1(OCC(F)(F)C(F)(F)CO1)C(C3)C2. The molecule has 14 heteroatoms. The van der Waals surface area contributed by atoms with Crippen LogP contribution in [-0.4, -0.2) is 71.7 Å². The third kappa shape index (κ3) is 3.46. The van der Waals surface area contributed by atoms with Gasteiger partial charge in [-0.05, 0) is 38.0 Å². The van der Waals surface area contributed by atoms with Crippen molar-refractivity contribution in [2.45, 2.75) is 54.9 Å². The second-order valence-electron chi connectivity index (χ2n) is 9.13. The van der Waals surface area contributed by atoms with Gasteiger partial charge in [-0.1, -0.05) is 0 Å². The molecule has 3 N–H and O–H groups in total. The zero-order chi connectivity index (χ0) is 23.1. The van der Waals surface area contributed by atoms with E-state index in [2.05, 4.69) is 0 Å².